The molecule has 9 heteroatoms. The highest BCUT2D eigenvalue weighted by molar-refractivity contribution is 7.89. The predicted octanol–water partition coefficient (Wildman–Crippen LogP) is 1.78. The Hall–Kier alpha value is -2.20. The third kappa shape index (κ3) is 5.01. The molecule has 0 radical (unpaired) electrons. The van der Waals surface area contributed by atoms with E-state index < -0.39 is 10.0 Å². The molecule has 8 nitrogen and oxygen atoms in total. The Kier molecular flexibility index (Phi) is 6.76. The quantitative estimate of drug-likeness (QED) is 0.698. The molecule has 1 N–H and O–H groups in total. The molecule has 1 aromatic heterocycles. The molecule has 2 saturated heterocycles. The van der Waals surface area contributed by atoms with Gasteiger partial charge in [0.05, 0.1) is 17.2 Å². The second kappa shape index (κ2) is 9.52. The van der Waals surface area contributed by atoms with Gasteiger partial charge in [-0.05, 0) is 63.3 Å². The van der Waals surface area contributed by atoms with Gasteiger partial charge in [0.1, 0.15) is 5.76 Å². The number of likely N-dealkylation sites (N-methyl/N-ethyl adjacent to an activating group) is 1. The molecule has 0 aliphatic carbocycles. The summed E-state index contributed by atoms with van der Waals surface area (Å²) < 4.78 is 33.1. The van der Waals surface area contributed by atoms with Gasteiger partial charge < -0.3 is 14.6 Å². The van der Waals surface area contributed by atoms with Crippen LogP contribution in [-0.4, -0.2) is 81.3 Å². The van der Waals surface area contributed by atoms with E-state index in [1.54, 1.807) is 24.5 Å². The van der Waals surface area contributed by atoms with Crippen LogP contribution < -0.4 is 5.32 Å². The van der Waals surface area contributed by atoms with Crippen LogP contribution in [0, 0.1) is 0 Å². The Labute approximate surface area is 183 Å². The van der Waals surface area contributed by atoms with Crippen LogP contribution in [0.5, 0.6) is 0 Å². The standard InChI is InChI=1S/C22H30N4O4S/c1-24-11-13-26(14-12-24)31(28,29)19-7-4-6-18(16-19)22(27)23-17-20(21-8-5-15-30-21)25-9-2-3-10-25/h4-8,15-16,20H,2-3,9-14,17H2,1H3,(H,23,27)/t20-/m1/s1. The van der Waals surface area contributed by atoms with E-state index >= 15 is 0 Å². The Balaban J connectivity index is 1.45. The van der Waals surface area contributed by atoms with Crippen molar-refractivity contribution in [1.29, 1.82) is 0 Å². The second-order valence-electron chi connectivity index (χ2n) is 8.22. The van der Waals surface area contributed by atoms with Crippen LogP contribution in [0.4, 0.5) is 0 Å². The highest BCUT2D eigenvalue weighted by atomic mass is 32.2. The van der Waals surface area contributed by atoms with Gasteiger partial charge in [0.2, 0.25) is 10.0 Å². The molecule has 168 valence electrons. The molecule has 2 aliphatic rings. The van der Waals surface area contributed by atoms with E-state index in [-0.39, 0.29) is 16.8 Å². The first-order chi connectivity index (χ1) is 14.9. The van der Waals surface area contributed by atoms with Gasteiger partial charge in [0, 0.05) is 38.3 Å². The van der Waals surface area contributed by atoms with Gasteiger partial charge in [-0.15, -0.1) is 0 Å². The lowest BCUT2D eigenvalue weighted by atomic mass is 10.1. The number of nitrogens with zero attached hydrogens (tertiary/aromatic N) is 3. The zero-order valence-electron chi connectivity index (χ0n) is 17.9. The molecule has 0 unspecified atom stereocenters. The number of rotatable bonds is 7. The summed E-state index contributed by atoms with van der Waals surface area (Å²) >= 11 is 0. The average Bonchev–Trinajstić information content (AvgIpc) is 3.49. The van der Waals surface area contributed by atoms with Crippen molar-refractivity contribution in [3.63, 3.8) is 0 Å². The number of carbonyl (C=O) groups excluding carboxylic acids is 1. The highest BCUT2D eigenvalue weighted by Crippen LogP contribution is 2.25. The Morgan fingerprint density at radius 1 is 1.06 bits per heavy atom. The lowest BCUT2D eigenvalue weighted by Crippen LogP contribution is -2.47. The lowest BCUT2D eigenvalue weighted by Gasteiger charge is -2.31. The summed E-state index contributed by atoms with van der Waals surface area (Å²) in [6.07, 6.45) is 3.92. The predicted molar refractivity (Wildman–Crippen MR) is 117 cm³/mol. The first-order valence-corrected chi connectivity index (χ1v) is 12.2. The molecule has 1 aromatic carbocycles. The molecular weight excluding hydrogens is 416 g/mol. The zero-order valence-corrected chi connectivity index (χ0v) is 18.7. The molecule has 31 heavy (non-hydrogen) atoms. The van der Waals surface area contributed by atoms with Gasteiger partial charge in [0.15, 0.2) is 0 Å². The van der Waals surface area contributed by atoms with Crippen molar-refractivity contribution in [2.24, 2.45) is 0 Å². The van der Waals surface area contributed by atoms with Crippen LogP contribution in [-0.2, 0) is 10.0 Å². The lowest BCUT2D eigenvalue weighted by molar-refractivity contribution is 0.0933. The number of hydrogen-bond donors (Lipinski definition) is 1. The van der Waals surface area contributed by atoms with Crippen LogP contribution in [0.1, 0.15) is 35.0 Å². The number of amides is 1. The van der Waals surface area contributed by atoms with Crippen molar-refractivity contribution in [3.05, 3.63) is 54.0 Å². The smallest absolute Gasteiger partial charge is 0.251 e. The fourth-order valence-corrected chi connectivity index (χ4v) is 5.68. The van der Waals surface area contributed by atoms with Crippen LogP contribution in [0.2, 0.25) is 0 Å². The fourth-order valence-electron chi connectivity index (χ4n) is 4.21. The number of furan rings is 1. The third-order valence-electron chi connectivity index (χ3n) is 6.11. The molecule has 1 amide bonds. The summed E-state index contributed by atoms with van der Waals surface area (Å²) in [7, 11) is -1.64. The number of nitrogens with one attached hydrogen (secondary N) is 1. The first kappa shape index (κ1) is 22.0. The van der Waals surface area contributed by atoms with Gasteiger partial charge >= 0.3 is 0 Å². The summed E-state index contributed by atoms with van der Waals surface area (Å²) in [6.45, 7) is 4.65. The van der Waals surface area contributed by atoms with E-state index in [0.717, 1.165) is 31.7 Å². The Morgan fingerprint density at radius 2 is 1.81 bits per heavy atom. The van der Waals surface area contributed by atoms with Crippen molar-refractivity contribution >= 4 is 15.9 Å². The maximum Gasteiger partial charge on any atom is 0.251 e. The van der Waals surface area contributed by atoms with E-state index in [1.165, 1.54) is 10.4 Å². The first-order valence-electron chi connectivity index (χ1n) is 10.8. The number of hydrogen-bond acceptors (Lipinski definition) is 6. The van der Waals surface area contributed by atoms with E-state index in [1.807, 2.05) is 19.2 Å². The molecular formula is C22H30N4O4S. The number of benzene rings is 1. The molecule has 0 saturated carbocycles. The minimum absolute atomic E-state index is 0.0290. The molecule has 2 aliphatic heterocycles. The average molecular weight is 447 g/mol. The number of sulfonamides is 1. The molecule has 0 bridgehead atoms. The largest absolute Gasteiger partial charge is 0.468 e. The summed E-state index contributed by atoms with van der Waals surface area (Å²) in [6, 6.07) is 10.1. The molecule has 3 heterocycles. The minimum Gasteiger partial charge on any atom is -0.468 e. The summed E-state index contributed by atoms with van der Waals surface area (Å²) in [5, 5.41) is 2.97. The van der Waals surface area contributed by atoms with Crippen LogP contribution in [0.3, 0.4) is 0 Å². The van der Waals surface area contributed by atoms with Gasteiger partial charge in [-0.1, -0.05) is 6.07 Å². The van der Waals surface area contributed by atoms with Crippen molar-refractivity contribution in [2.75, 3.05) is 52.9 Å². The third-order valence-corrected chi connectivity index (χ3v) is 8.00. The highest BCUT2D eigenvalue weighted by Gasteiger charge is 2.29. The van der Waals surface area contributed by atoms with Crippen molar-refractivity contribution in [2.45, 2.75) is 23.8 Å². The van der Waals surface area contributed by atoms with Crippen LogP contribution in [0.15, 0.2) is 52.0 Å². The maximum absolute atomic E-state index is 13.0. The monoisotopic (exact) mass is 446 g/mol. The SMILES string of the molecule is CN1CCN(S(=O)(=O)c2cccc(C(=O)NC[C@H](c3ccco3)N3CCCC3)c2)CC1. The van der Waals surface area contributed by atoms with Crippen molar-refractivity contribution in [3.8, 4) is 0 Å². The number of likely N-dealkylation sites (tertiary alicyclic amines) is 1. The van der Waals surface area contributed by atoms with Gasteiger partial charge in [-0.3, -0.25) is 9.69 Å². The van der Waals surface area contributed by atoms with Gasteiger partial charge in [-0.2, -0.15) is 4.31 Å². The fraction of sp³-hybridized carbons (Fsp3) is 0.500. The van der Waals surface area contributed by atoms with E-state index in [2.05, 4.69) is 15.1 Å². The summed E-state index contributed by atoms with van der Waals surface area (Å²) in [5.74, 6) is 0.541. The second-order valence-corrected chi connectivity index (χ2v) is 10.2. The topological polar surface area (TPSA) is 86.1 Å². The van der Waals surface area contributed by atoms with Crippen molar-refractivity contribution in [1.82, 2.24) is 19.4 Å². The van der Waals surface area contributed by atoms with E-state index in [0.29, 0.717) is 38.3 Å². The molecule has 4 rings (SSSR count). The van der Waals surface area contributed by atoms with Crippen LogP contribution >= 0.6 is 0 Å². The Morgan fingerprint density at radius 3 is 2.48 bits per heavy atom. The minimum atomic E-state index is -3.62. The summed E-state index contributed by atoms with van der Waals surface area (Å²) in [5.41, 5.74) is 0.342. The molecule has 0 spiro atoms. The molecule has 2 aromatic rings. The normalized spacial score (nSPS) is 20.0. The molecule has 2 fully saturated rings. The molecule has 1 atom stereocenters. The van der Waals surface area contributed by atoms with E-state index in [9.17, 15) is 13.2 Å². The van der Waals surface area contributed by atoms with E-state index in [4.69, 9.17) is 4.42 Å². The Bertz CT molecular complexity index is 979. The summed E-state index contributed by atoms with van der Waals surface area (Å²) in [4.78, 5) is 17.4. The van der Waals surface area contributed by atoms with Crippen molar-refractivity contribution < 1.29 is 17.6 Å². The number of piperazine rings is 1. The van der Waals surface area contributed by atoms with Gasteiger partial charge in [0.25, 0.3) is 5.91 Å². The number of carbonyl (C=O) groups is 1. The zero-order chi connectivity index (χ0) is 21.8. The van der Waals surface area contributed by atoms with Gasteiger partial charge in [-0.25, -0.2) is 8.42 Å². The van der Waals surface area contributed by atoms with Crippen LogP contribution in [0.25, 0.3) is 0 Å². The maximum atomic E-state index is 13.0.